The second-order valence-electron chi connectivity index (χ2n) is 7.58. The van der Waals surface area contributed by atoms with Gasteiger partial charge in [0.05, 0.1) is 37.2 Å². The summed E-state index contributed by atoms with van der Waals surface area (Å²) in [5, 5.41) is 0. The third kappa shape index (κ3) is 3.59. The lowest BCUT2D eigenvalue weighted by Gasteiger charge is -2.15. The lowest BCUT2D eigenvalue weighted by molar-refractivity contribution is -0.897. The summed E-state index contributed by atoms with van der Waals surface area (Å²) in [6, 6.07) is 16.3. The minimum absolute atomic E-state index is 0.109. The molecule has 4 aromatic rings. The number of aromatic nitrogens is 3. The first-order chi connectivity index (χ1) is 14.6. The van der Waals surface area contributed by atoms with Crippen molar-refractivity contribution >= 4 is 38.5 Å². The molecule has 0 atom stereocenters. The highest BCUT2D eigenvalue weighted by Gasteiger charge is 2.25. The number of carbonyl (C=O) groups excluding carboxylic acids is 1. The van der Waals surface area contributed by atoms with Gasteiger partial charge in [-0.25, -0.2) is 4.98 Å². The highest BCUT2D eigenvalue weighted by Crippen LogP contribution is 2.31. The number of carbonyl (C=O) groups is 1. The maximum absolute atomic E-state index is 13.1. The third-order valence-corrected chi connectivity index (χ3v) is 6.44. The number of Topliss-reactive ketones (excluding diaryl/α,β-unsaturated/α-hetero) is 1. The number of hydrogen-bond donors (Lipinski definition) is 1. The Morgan fingerprint density at radius 1 is 1.00 bits per heavy atom. The number of imidazole rings is 2. The van der Waals surface area contributed by atoms with Crippen molar-refractivity contribution in [2.75, 3.05) is 19.6 Å². The van der Waals surface area contributed by atoms with Crippen molar-refractivity contribution in [2.24, 2.45) is 0 Å². The number of nitrogens with zero attached hydrogens (tertiary/aromatic N) is 3. The van der Waals surface area contributed by atoms with Gasteiger partial charge < -0.3 is 9.47 Å². The van der Waals surface area contributed by atoms with Crippen molar-refractivity contribution in [1.82, 2.24) is 14.0 Å². The molecule has 0 aliphatic carbocycles. The normalized spacial score (nSPS) is 11.8. The number of benzene rings is 2. The summed E-state index contributed by atoms with van der Waals surface area (Å²) in [5.74, 6) is 0.954. The van der Waals surface area contributed by atoms with Gasteiger partial charge in [-0.05, 0) is 38.1 Å². The maximum Gasteiger partial charge on any atom is 0.216 e. The van der Waals surface area contributed by atoms with Crippen LogP contribution < -0.4 is 4.90 Å². The predicted molar refractivity (Wildman–Crippen MR) is 125 cm³/mol. The van der Waals surface area contributed by atoms with Crippen LogP contribution in [0.25, 0.3) is 28.1 Å². The number of ketones is 1. The quantitative estimate of drug-likeness (QED) is 0.394. The number of para-hydroxylation sites is 2. The highest BCUT2D eigenvalue weighted by atomic mass is 79.9. The maximum atomic E-state index is 13.1. The molecule has 0 spiro atoms. The Kier molecular flexibility index (Phi) is 6.06. The third-order valence-electron chi connectivity index (χ3n) is 5.91. The van der Waals surface area contributed by atoms with Crippen LogP contribution in [0.15, 0.2) is 53.0 Å². The summed E-state index contributed by atoms with van der Waals surface area (Å²) < 4.78 is 5.35. The van der Waals surface area contributed by atoms with Crippen molar-refractivity contribution in [2.45, 2.75) is 33.7 Å². The van der Waals surface area contributed by atoms with Crippen molar-refractivity contribution < 1.29 is 9.69 Å². The molecule has 0 fully saturated rings. The van der Waals surface area contributed by atoms with E-state index in [-0.39, 0.29) is 5.78 Å². The molecule has 0 bridgehead atoms. The van der Waals surface area contributed by atoms with Crippen LogP contribution in [-0.4, -0.2) is 39.4 Å². The van der Waals surface area contributed by atoms with E-state index >= 15 is 0 Å². The monoisotopic (exact) mass is 467 g/mol. The number of likely N-dealkylation sites (N-methyl/N-ethyl adjacent to an activating group) is 1. The first-order valence-electron chi connectivity index (χ1n) is 10.7. The zero-order valence-corrected chi connectivity index (χ0v) is 19.4. The van der Waals surface area contributed by atoms with Gasteiger partial charge in [-0.15, -0.1) is 0 Å². The lowest BCUT2D eigenvalue weighted by atomic mass is 10.1. The Bertz CT molecular complexity index is 1190. The number of hydrogen-bond acceptors (Lipinski definition) is 2. The number of nitrogens with one attached hydrogen (secondary N) is 1. The second-order valence-corrected chi connectivity index (χ2v) is 8.49. The molecule has 4 rings (SSSR count). The molecule has 0 aliphatic rings. The molecular formula is C24H28BrN4O+. The van der Waals surface area contributed by atoms with Crippen LogP contribution >= 0.6 is 15.9 Å². The fraction of sp³-hybridized carbons (Fsp3) is 0.333. The first kappa shape index (κ1) is 20.8. The van der Waals surface area contributed by atoms with Crippen molar-refractivity contribution in [1.29, 1.82) is 0 Å². The van der Waals surface area contributed by atoms with E-state index in [9.17, 15) is 4.79 Å². The average Bonchev–Trinajstić information content (AvgIpc) is 3.30. The molecule has 0 radical (unpaired) electrons. The molecule has 2 aromatic heterocycles. The van der Waals surface area contributed by atoms with Crippen molar-refractivity contribution in [3.8, 4) is 11.3 Å². The van der Waals surface area contributed by atoms with Gasteiger partial charge in [-0.3, -0.25) is 9.20 Å². The molecule has 1 N–H and O–H groups in total. The Morgan fingerprint density at radius 3 is 2.30 bits per heavy atom. The van der Waals surface area contributed by atoms with Gasteiger partial charge in [0.2, 0.25) is 5.78 Å². The summed E-state index contributed by atoms with van der Waals surface area (Å²) in [6.45, 7) is 10.5. The van der Waals surface area contributed by atoms with E-state index < -0.39 is 0 Å². The van der Waals surface area contributed by atoms with Crippen LogP contribution in [0.3, 0.4) is 0 Å². The number of quaternary nitrogens is 1. The summed E-state index contributed by atoms with van der Waals surface area (Å²) in [6.07, 6.45) is 0.445. The molecule has 30 heavy (non-hydrogen) atoms. The molecule has 5 nitrogen and oxygen atoms in total. The lowest BCUT2D eigenvalue weighted by Crippen LogP contribution is -3.11. The fourth-order valence-corrected chi connectivity index (χ4v) is 4.40. The van der Waals surface area contributed by atoms with Crippen molar-refractivity contribution in [3.63, 3.8) is 0 Å². The van der Waals surface area contributed by atoms with Crippen molar-refractivity contribution in [3.05, 3.63) is 58.7 Å². The molecule has 2 aromatic carbocycles. The Labute approximate surface area is 185 Å². The van der Waals surface area contributed by atoms with Gasteiger partial charge in [-0.1, -0.05) is 47.1 Å². The SMILES string of the molecule is CCC(=O)c1c(-c2ccc(Br)cc2)nc2n(CC[NH+](CC)CC)c3ccccc3n12. The zero-order valence-electron chi connectivity index (χ0n) is 17.8. The molecule has 2 heterocycles. The molecule has 0 saturated heterocycles. The van der Waals surface area contributed by atoms with E-state index in [0.29, 0.717) is 12.1 Å². The molecular weight excluding hydrogens is 440 g/mol. The zero-order chi connectivity index (χ0) is 21.3. The summed E-state index contributed by atoms with van der Waals surface area (Å²) in [4.78, 5) is 19.7. The standard InChI is InChI=1S/C24H27BrN4O/c1-4-21(30)23-22(17-11-13-18(25)14-12-17)26-24-28(16-15-27(5-2)6-3)19-9-7-8-10-20(19)29(23)24/h7-14H,4-6,15-16H2,1-3H3/p+1. The van der Waals surface area contributed by atoms with E-state index in [1.165, 1.54) is 0 Å². The van der Waals surface area contributed by atoms with Gasteiger partial charge in [0, 0.05) is 16.5 Å². The van der Waals surface area contributed by atoms with Crippen LogP contribution in [0.4, 0.5) is 0 Å². The smallest absolute Gasteiger partial charge is 0.216 e. The Morgan fingerprint density at radius 2 is 1.67 bits per heavy atom. The van der Waals surface area contributed by atoms with Crippen LogP contribution in [0.1, 0.15) is 37.7 Å². The molecule has 0 aliphatic heterocycles. The van der Waals surface area contributed by atoms with Crippen LogP contribution in [0.2, 0.25) is 0 Å². The minimum atomic E-state index is 0.109. The number of fused-ring (bicyclic) bond motifs is 3. The summed E-state index contributed by atoms with van der Waals surface area (Å²) in [5.41, 5.74) is 4.57. The predicted octanol–water partition coefficient (Wildman–Crippen LogP) is 4.24. The molecule has 0 saturated carbocycles. The highest BCUT2D eigenvalue weighted by molar-refractivity contribution is 9.10. The van der Waals surface area contributed by atoms with Gasteiger partial charge in [0.25, 0.3) is 0 Å². The van der Waals surface area contributed by atoms with Gasteiger partial charge in [0.1, 0.15) is 11.4 Å². The number of rotatable bonds is 8. The van der Waals surface area contributed by atoms with Crippen LogP contribution in [-0.2, 0) is 6.54 Å². The second kappa shape index (κ2) is 8.74. The molecule has 156 valence electrons. The molecule has 0 unspecified atom stereocenters. The molecule has 0 amide bonds. The van der Waals surface area contributed by atoms with E-state index in [2.05, 4.69) is 56.9 Å². The van der Waals surface area contributed by atoms with Gasteiger partial charge in [0.15, 0.2) is 5.78 Å². The van der Waals surface area contributed by atoms with Crippen LogP contribution in [0.5, 0.6) is 0 Å². The van der Waals surface area contributed by atoms with E-state index in [1.54, 1.807) is 4.90 Å². The largest absolute Gasteiger partial charge is 0.334 e. The van der Waals surface area contributed by atoms with Gasteiger partial charge >= 0.3 is 0 Å². The topological polar surface area (TPSA) is 43.7 Å². The van der Waals surface area contributed by atoms with Crippen LogP contribution in [0, 0.1) is 0 Å². The Balaban J connectivity index is 1.97. The number of halogens is 1. The van der Waals surface area contributed by atoms with E-state index in [4.69, 9.17) is 4.98 Å². The van der Waals surface area contributed by atoms with Gasteiger partial charge in [-0.2, -0.15) is 0 Å². The summed E-state index contributed by atoms with van der Waals surface area (Å²) >= 11 is 3.50. The molecule has 6 heteroatoms. The minimum Gasteiger partial charge on any atom is -0.334 e. The average molecular weight is 468 g/mol. The Hall–Kier alpha value is -2.44. The van der Waals surface area contributed by atoms with E-state index in [0.717, 1.165) is 58.7 Å². The van der Waals surface area contributed by atoms with E-state index in [1.807, 2.05) is 37.3 Å². The fourth-order valence-electron chi connectivity index (χ4n) is 4.13. The summed E-state index contributed by atoms with van der Waals surface area (Å²) in [7, 11) is 0. The first-order valence-corrected chi connectivity index (χ1v) is 11.5.